The first-order valence-electron chi connectivity index (χ1n) is 4.70. The third-order valence-electron chi connectivity index (χ3n) is 1.71. The van der Waals surface area contributed by atoms with Gasteiger partial charge in [-0.25, -0.2) is 5.84 Å². The first kappa shape index (κ1) is 13.2. The van der Waals surface area contributed by atoms with Crippen LogP contribution in [0.25, 0.3) is 0 Å². The summed E-state index contributed by atoms with van der Waals surface area (Å²) in [5.41, 5.74) is 2.11. The Morgan fingerprint density at radius 3 is 2.81 bits per heavy atom. The quantitative estimate of drug-likeness (QED) is 0.347. The van der Waals surface area contributed by atoms with Crippen LogP contribution in [0.3, 0.4) is 0 Å². The van der Waals surface area contributed by atoms with Crippen LogP contribution >= 0.6 is 23.1 Å². The Morgan fingerprint density at radius 2 is 2.31 bits per heavy atom. The number of hydrogen-bond acceptors (Lipinski definition) is 7. The second-order valence-electron chi connectivity index (χ2n) is 3.45. The van der Waals surface area contributed by atoms with E-state index in [2.05, 4.69) is 15.6 Å². The van der Waals surface area contributed by atoms with Gasteiger partial charge in [0.1, 0.15) is 0 Å². The number of anilines is 1. The zero-order chi connectivity index (χ0) is 12.1. The lowest BCUT2D eigenvalue weighted by molar-refractivity contribution is -0.121. The van der Waals surface area contributed by atoms with Crippen LogP contribution in [-0.2, 0) is 4.79 Å². The molecule has 0 fully saturated rings. The number of nitrogens with two attached hydrogens (primary N) is 1. The molecule has 0 spiro atoms. The number of aromatic nitrogens is 2. The van der Waals surface area contributed by atoms with Gasteiger partial charge >= 0.3 is 0 Å². The Bertz CT molecular complexity index is 354. The maximum absolute atomic E-state index is 11.0. The molecule has 3 N–H and O–H groups in total. The van der Waals surface area contributed by atoms with E-state index in [0.29, 0.717) is 6.42 Å². The molecule has 0 saturated carbocycles. The molecule has 90 valence electrons. The molecule has 0 aliphatic carbocycles. The van der Waals surface area contributed by atoms with Crippen molar-refractivity contribution in [2.75, 3.05) is 19.0 Å². The van der Waals surface area contributed by atoms with Crippen molar-refractivity contribution in [1.29, 1.82) is 0 Å². The normalized spacial score (nSPS) is 12.2. The summed E-state index contributed by atoms with van der Waals surface area (Å²) in [5, 5.41) is 9.04. The summed E-state index contributed by atoms with van der Waals surface area (Å²) in [7, 11) is 3.83. The third kappa shape index (κ3) is 3.95. The van der Waals surface area contributed by atoms with Gasteiger partial charge in [-0.15, -0.1) is 10.2 Å². The van der Waals surface area contributed by atoms with E-state index in [1.165, 1.54) is 23.1 Å². The van der Waals surface area contributed by atoms with Gasteiger partial charge in [-0.2, -0.15) is 0 Å². The molecule has 1 aromatic heterocycles. The minimum atomic E-state index is -0.169. The summed E-state index contributed by atoms with van der Waals surface area (Å²) in [6.07, 6.45) is 0.373. The van der Waals surface area contributed by atoms with E-state index >= 15 is 0 Å². The van der Waals surface area contributed by atoms with E-state index in [4.69, 9.17) is 5.84 Å². The number of amides is 1. The van der Waals surface area contributed by atoms with Crippen LogP contribution in [-0.4, -0.2) is 35.4 Å². The molecule has 0 aromatic carbocycles. The van der Waals surface area contributed by atoms with Crippen LogP contribution in [0.1, 0.15) is 13.3 Å². The van der Waals surface area contributed by atoms with E-state index in [9.17, 15) is 4.79 Å². The van der Waals surface area contributed by atoms with Gasteiger partial charge in [0, 0.05) is 25.8 Å². The van der Waals surface area contributed by atoms with Gasteiger partial charge in [0.2, 0.25) is 11.0 Å². The molecule has 0 aliphatic rings. The summed E-state index contributed by atoms with van der Waals surface area (Å²) >= 11 is 3.04. The van der Waals surface area contributed by atoms with Crippen LogP contribution < -0.4 is 16.2 Å². The number of hydrazine groups is 1. The molecule has 16 heavy (non-hydrogen) atoms. The molecule has 1 aromatic rings. The molecular weight excluding hydrogens is 246 g/mol. The highest BCUT2D eigenvalue weighted by Gasteiger charge is 2.13. The zero-order valence-electron chi connectivity index (χ0n) is 9.43. The Labute approximate surface area is 103 Å². The molecule has 1 atom stereocenters. The highest BCUT2D eigenvalue weighted by atomic mass is 32.2. The minimum absolute atomic E-state index is 0.131. The number of carbonyl (C=O) groups is 1. The molecule has 1 heterocycles. The summed E-state index contributed by atoms with van der Waals surface area (Å²) in [5.74, 6) is 4.85. The predicted molar refractivity (Wildman–Crippen MR) is 66.5 cm³/mol. The summed E-state index contributed by atoms with van der Waals surface area (Å²) in [6, 6.07) is 0. The fourth-order valence-electron chi connectivity index (χ4n) is 0.965. The minimum Gasteiger partial charge on any atom is -0.353 e. The van der Waals surface area contributed by atoms with Gasteiger partial charge in [0.25, 0.3) is 0 Å². The fraction of sp³-hybridized carbons (Fsp3) is 0.625. The van der Waals surface area contributed by atoms with Gasteiger partial charge in [-0.05, 0) is 0 Å². The highest BCUT2D eigenvalue weighted by Crippen LogP contribution is 2.30. The smallest absolute Gasteiger partial charge is 0.234 e. The van der Waals surface area contributed by atoms with Crippen LogP contribution in [0.5, 0.6) is 0 Å². The average Bonchev–Trinajstić information content (AvgIpc) is 2.65. The molecule has 1 rings (SSSR count). The first-order valence-corrected chi connectivity index (χ1v) is 6.39. The average molecular weight is 261 g/mol. The molecule has 0 radical (unpaired) electrons. The maximum Gasteiger partial charge on any atom is 0.234 e. The number of thioether (sulfide) groups is 1. The summed E-state index contributed by atoms with van der Waals surface area (Å²) < 4.78 is 0.862. The van der Waals surface area contributed by atoms with Crippen molar-refractivity contribution in [2.45, 2.75) is 22.9 Å². The molecule has 1 amide bonds. The van der Waals surface area contributed by atoms with Gasteiger partial charge in [-0.3, -0.25) is 10.2 Å². The van der Waals surface area contributed by atoms with Gasteiger partial charge in [0.05, 0.1) is 0 Å². The molecule has 0 saturated heterocycles. The van der Waals surface area contributed by atoms with Crippen molar-refractivity contribution in [1.82, 2.24) is 15.6 Å². The third-order valence-corrected chi connectivity index (χ3v) is 3.99. The van der Waals surface area contributed by atoms with E-state index in [0.717, 1.165) is 9.47 Å². The number of hydrogen-bond donors (Lipinski definition) is 2. The van der Waals surface area contributed by atoms with Crippen molar-refractivity contribution < 1.29 is 4.79 Å². The lowest BCUT2D eigenvalue weighted by Gasteiger charge is -2.07. The summed E-state index contributed by atoms with van der Waals surface area (Å²) in [4.78, 5) is 12.9. The van der Waals surface area contributed by atoms with Crippen molar-refractivity contribution in [3.63, 3.8) is 0 Å². The van der Waals surface area contributed by atoms with Crippen molar-refractivity contribution in [3.8, 4) is 0 Å². The number of nitrogens with zero attached hydrogens (tertiary/aromatic N) is 3. The Kier molecular flexibility index (Phi) is 4.97. The Balaban J connectivity index is 2.49. The molecule has 1 unspecified atom stereocenters. The standard InChI is InChI=1S/C8H15N5OS2/c1-5(4-6(14)10-9)15-8-12-11-7(16-8)13(2)3/h5H,4,9H2,1-3H3,(H,10,14). The van der Waals surface area contributed by atoms with Crippen LogP contribution in [0.15, 0.2) is 4.34 Å². The van der Waals surface area contributed by atoms with E-state index in [1.807, 2.05) is 25.9 Å². The second-order valence-corrected chi connectivity index (χ2v) is 6.09. The van der Waals surface area contributed by atoms with Gasteiger partial charge in [-0.1, -0.05) is 30.0 Å². The SMILES string of the molecule is CC(CC(=O)NN)Sc1nnc(N(C)C)s1. The topological polar surface area (TPSA) is 84.1 Å². The lowest BCUT2D eigenvalue weighted by atomic mass is 10.3. The number of nitrogens with one attached hydrogen (secondary N) is 1. The molecule has 0 aliphatic heterocycles. The maximum atomic E-state index is 11.0. The van der Waals surface area contributed by atoms with Gasteiger partial charge in [0.15, 0.2) is 4.34 Å². The predicted octanol–water partition coefficient (Wildman–Crippen LogP) is 0.465. The van der Waals surface area contributed by atoms with Crippen molar-refractivity contribution >= 4 is 34.1 Å². The van der Waals surface area contributed by atoms with E-state index in [1.54, 1.807) is 0 Å². The molecule has 8 heteroatoms. The molecule has 6 nitrogen and oxygen atoms in total. The highest BCUT2D eigenvalue weighted by molar-refractivity contribution is 8.01. The second kappa shape index (κ2) is 6.02. The van der Waals surface area contributed by atoms with E-state index in [-0.39, 0.29) is 11.2 Å². The van der Waals surface area contributed by atoms with Crippen molar-refractivity contribution in [2.24, 2.45) is 5.84 Å². The summed E-state index contributed by atoms with van der Waals surface area (Å²) in [6.45, 7) is 1.96. The van der Waals surface area contributed by atoms with E-state index < -0.39 is 0 Å². The van der Waals surface area contributed by atoms with Crippen molar-refractivity contribution in [3.05, 3.63) is 0 Å². The largest absolute Gasteiger partial charge is 0.353 e. The number of carbonyl (C=O) groups excluding carboxylic acids is 1. The number of rotatable bonds is 5. The Hall–Kier alpha value is -0.860. The molecule has 0 bridgehead atoms. The van der Waals surface area contributed by atoms with Crippen LogP contribution in [0, 0.1) is 0 Å². The van der Waals surface area contributed by atoms with Crippen LogP contribution in [0.2, 0.25) is 0 Å². The Morgan fingerprint density at radius 1 is 1.62 bits per heavy atom. The van der Waals surface area contributed by atoms with Gasteiger partial charge < -0.3 is 4.90 Å². The zero-order valence-corrected chi connectivity index (χ0v) is 11.1. The lowest BCUT2D eigenvalue weighted by Crippen LogP contribution is -2.31. The van der Waals surface area contributed by atoms with Crippen LogP contribution in [0.4, 0.5) is 5.13 Å². The molecular formula is C8H15N5OS2. The monoisotopic (exact) mass is 261 g/mol. The fourth-order valence-corrected chi connectivity index (χ4v) is 3.04. The first-order chi connectivity index (χ1) is 7.52.